The second-order valence-electron chi connectivity index (χ2n) is 2.00. The quantitative estimate of drug-likeness (QED) is 0.572. The van der Waals surface area contributed by atoms with E-state index in [1.165, 1.54) is 5.32 Å². The molecule has 0 amide bonds. The van der Waals surface area contributed by atoms with Gasteiger partial charge in [0.15, 0.2) is 0 Å². The molecule has 1 nitrogen and oxygen atoms in total. The zero-order valence-electron chi connectivity index (χ0n) is 23.0. The van der Waals surface area contributed by atoms with Crippen LogP contribution in [0.15, 0.2) is 0 Å². The molecule has 60 valence electrons. The second-order valence-corrected chi connectivity index (χ2v) is 2.00. The topological polar surface area (TPSA) is 12.0 Å². The highest BCUT2D eigenvalue weighted by Gasteiger charge is 2.31. The Morgan fingerprint density at radius 2 is 1.70 bits per heavy atom. The molecule has 1 aliphatic heterocycles. The molecule has 0 radical (unpaired) electrons. The van der Waals surface area contributed by atoms with Crippen molar-refractivity contribution in [1.82, 2.24) is 5.32 Å². The van der Waals surface area contributed by atoms with Crippen LogP contribution >= 0.6 is 0 Å². The molecule has 0 atom stereocenters. The smallest absolute Gasteiger partial charge is 0.0285 e. The highest BCUT2D eigenvalue weighted by atomic mass is 15.0. The normalized spacial score (nSPS) is 76.8. The molecule has 1 N–H and O–H groups in total. The SMILES string of the molecule is [2H]C([2H])([2H])C1(C([2H])([2H])[2H])NC(C([2H])([2H])[2H])(C([2H])([2H])[2H])C([2H])([2H])C([2H])([2H])C1([2H])[2H]. The van der Waals surface area contributed by atoms with Crippen molar-refractivity contribution in [2.24, 2.45) is 0 Å². The van der Waals surface area contributed by atoms with Crippen molar-refractivity contribution in [1.29, 1.82) is 0 Å². The van der Waals surface area contributed by atoms with Crippen molar-refractivity contribution in [3.05, 3.63) is 0 Å². The van der Waals surface area contributed by atoms with E-state index in [4.69, 9.17) is 24.7 Å². The minimum Gasteiger partial charge on any atom is -0.307 e. The van der Waals surface area contributed by atoms with Crippen molar-refractivity contribution >= 4 is 0 Å². The molecule has 0 aromatic rings. The van der Waals surface area contributed by atoms with Gasteiger partial charge in [-0.1, -0.05) is 0 Å². The molecule has 0 spiro atoms. The molecule has 1 saturated heterocycles. The van der Waals surface area contributed by atoms with Crippen molar-refractivity contribution in [3.8, 4) is 0 Å². The van der Waals surface area contributed by atoms with Crippen molar-refractivity contribution in [2.45, 2.75) is 57.6 Å². The second kappa shape index (κ2) is 2.23. The van der Waals surface area contributed by atoms with Crippen molar-refractivity contribution in [3.63, 3.8) is 0 Å². The first-order chi connectivity index (χ1) is 11.7. The molecule has 1 heterocycles. The van der Waals surface area contributed by atoms with Gasteiger partial charge in [0.05, 0.1) is 0 Å². The fraction of sp³-hybridized carbons (Fsp3) is 1.00. The summed E-state index contributed by atoms with van der Waals surface area (Å²) in [4.78, 5) is 0. The van der Waals surface area contributed by atoms with Crippen molar-refractivity contribution in [2.75, 3.05) is 0 Å². The monoisotopic (exact) mass is 159 g/mol. The maximum atomic E-state index is 7.99. The van der Waals surface area contributed by atoms with Crippen LogP contribution in [0, 0.1) is 0 Å². The minimum absolute atomic E-state index is 1.34. The maximum absolute atomic E-state index is 7.99. The summed E-state index contributed by atoms with van der Waals surface area (Å²) in [5, 5.41) is 1.34. The number of hydrogen-bond donors (Lipinski definition) is 1. The molecule has 0 aromatic heterocycles. The average Bonchev–Trinajstić information content (AvgIpc) is 2.30. The summed E-state index contributed by atoms with van der Waals surface area (Å²) in [7, 11) is 0. The lowest BCUT2D eigenvalue weighted by Gasteiger charge is -2.42. The summed E-state index contributed by atoms with van der Waals surface area (Å²) < 4.78 is 139. The van der Waals surface area contributed by atoms with Crippen LogP contribution < -0.4 is 5.32 Å². The maximum Gasteiger partial charge on any atom is 0.0285 e. The molecular weight excluding hydrogens is 122 g/mol. The van der Waals surface area contributed by atoms with E-state index in [0.717, 1.165) is 0 Å². The molecule has 1 rings (SSSR count). The molecule has 0 unspecified atom stereocenters. The number of nitrogens with one attached hydrogen (secondary N) is 1. The molecule has 0 aromatic carbocycles. The van der Waals surface area contributed by atoms with Gasteiger partial charge in [0.1, 0.15) is 0 Å². The summed E-state index contributed by atoms with van der Waals surface area (Å²) in [5.74, 6) is 0. The zero-order chi connectivity index (χ0) is 23.2. The molecule has 1 aliphatic rings. The van der Waals surface area contributed by atoms with Gasteiger partial charge in [-0.2, -0.15) is 0 Å². The zero-order valence-corrected chi connectivity index (χ0v) is 5.00. The van der Waals surface area contributed by atoms with E-state index in [9.17, 15) is 0 Å². The lowest BCUT2D eigenvalue weighted by Crippen LogP contribution is -2.55. The first-order valence-corrected chi connectivity index (χ1v) is 2.50. The number of rotatable bonds is 0. The van der Waals surface area contributed by atoms with Crippen LogP contribution in [-0.4, -0.2) is 11.1 Å². The predicted molar refractivity (Wildman–Crippen MR) is 45.1 cm³/mol. The van der Waals surface area contributed by atoms with E-state index in [1.807, 2.05) is 0 Å². The van der Waals surface area contributed by atoms with Crippen LogP contribution in [0.4, 0.5) is 0 Å². The van der Waals surface area contributed by atoms with Gasteiger partial charge >= 0.3 is 0 Å². The Hall–Kier alpha value is -0.0400. The molecule has 10 heavy (non-hydrogen) atoms. The Balaban J connectivity index is 4.34. The lowest BCUT2D eigenvalue weighted by atomic mass is 9.83. The first kappa shape index (κ1) is 1.02. The van der Waals surface area contributed by atoms with Gasteiger partial charge in [-0.05, 0) is 46.5 Å². The van der Waals surface area contributed by atoms with E-state index in [1.54, 1.807) is 0 Å². The molecule has 1 fully saturated rings. The van der Waals surface area contributed by atoms with Gasteiger partial charge in [-0.3, -0.25) is 0 Å². The van der Waals surface area contributed by atoms with Gasteiger partial charge in [-0.15, -0.1) is 0 Å². The van der Waals surface area contributed by atoms with Crippen LogP contribution in [0.25, 0.3) is 0 Å². The van der Waals surface area contributed by atoms with Gasteiger partial charge < -0.3 is 5.32 Å². The minimum atomic E-state index is -4.17. The van der Waals surface area contributed by atoms with Gasteiger partial charge in [0, 0.05) is 35.8 Å². The molecular formula is C9H19N. The van der Waals surface area contributed by atoms with E-state index >= 15 is 0 Å². The Morgan fingerprint density at radius 3 is 2.10 bits per heavy atom. The Labute approximate surface area is 89.5 Å². The highest BCUT2D eigenvalue weighted by molar-refractivity contribution is 4.92. The molecule has 0 bridgehead atoms. The third kappa shape index (κ3) is 1.98. The first-order valence-electron chi connectivity index (χ1n) is 11.5. The van der Waals surface area contributed by atoms with E-state index in [-0.39, 0.29) is 0 Å². The Bertz CT molecular complexity index is 533. The van der Waals surface area contributed by atoms with Gasteiger partial charge in [0.25, 0.3) is 0 Å². The van der Waals surface area contributed by atoms with Crippen LogP contribution in [-0.2, 0) is 0 Å². The third-order valence-electron chi connectivity index (χ3n) is 0.875. The van der Waals surface area contributed by atoms with Gasteiger partial charge in [-0.25, -0.2) is 0 Å². The fourth-order valence-electron chi connectivity index (χ4n) is 0.562. The molecule has 0 saturated carbocycles. The average molecular weight is 159 g/mol. The summed E-state index contributed by atoms with van der Waals surface area (Å²) in [6, 6.07) is 0. The number of piperidine rings is 1. The Morgan fingerprint density at radius 1 is 1.20 bits per heavy atom. The summed E-state index contributed by atoms with van der Waals surface area (Å²) >= 11 is 0. The fourth-order valence-corrected chi connectivity index (χ4v) is 0.562. The largest absolute Gasteiger partial charge is 0.307 e. The van der Waals surface area contributed by atoms with Crippen molar-refractivity contribution < 1.29 is 24.7 Å². The molecule has 0 aliphatic carbocycles. The summed E-state index contributed by atoms with van der Waals surface area (Å²) in [6.07, 6.45) is -12.4. The highest BCUT2D eigenvalue weighted by Crippen LogP contribution is 2.27. The summed E-state index contributed by atoms with van der Waals surface area (Å²) in [6.45, 7) is -16.0. The summed E-state index contributed by atoms with van der Waals surface area (Å²) in [5.41, 5.74) is -8.13. The van der Waals surface area contributed by atoms with E-state index in [2.05, 4.69) is 0 Å². The molecule has 1 heteroatoms. The third-order valence-corrected chi connectivity index (χ3v) is 0.875. The standard InChI is InChI=1S/C9H19N/c1-8(2)6-5-7-9(3,4)10-8/h10H,5-7H2,1-4H3/i1D3,2D3,3D3,4D3,5D2,6D2,7D2. The van der Waals surface area contributed by atoms with Crippen LogP contribution in [0.1, 0.15) is 71.2 Å². The number of hydrogen-bond acceptors (Lipinski definition) is 1. The predicted octanol–water partition coefficient (Wildman–Crippen LogP) is 2.32. The van der Waals surface area contributed by atoms with E-state index in [0.29, 0.717) is 0 Å². The van der Waals surface area contributed by atoms with Crippen LogP contribution in [0.2, 0.25) is 0 Å². The van der Waals surface area contributed by atoms with Crippen LogP contribution in [0.3, 0.4) is 0 Å². The van der Waals surface area contributed by atoms with Gasteiger partial charge in [0.2, 0.25) is 0 Å². The van der Waals surface area contributed by atoms with Crippen LogP contribution in [0.5, 0.6) is 0 Å². The Kier molecular flexibility index (Phi) is 0.228. The van der Waals surface area contributed by atoms with E-state index < -0.39 is 57.6 Å². The lowest BCUT2D eigenvalue weighted by molar-refractivity contribution is 0.183.